The first-order chi connectivity index (χ1) is 8.34. The van der Waals surface area contributed by atoms with Gasteiger partial charge in [-0.05, 0) is 49.6 Å². The molecule has 3 rings (SSSR count). The predicted octanol–water partition coefficient (Wildman–Crippen LogP) is 3.28. The standard InChI is InChI=1S/C14H21NOS/c1-10-6-8-17-14(10)13-11(3-2-7-16-13)9-15-12-4-5-12/h6,8,11-13,15H,2-5,7,9H2,1H3. The molecule has 0 radical (unpaired) electrons. The second kappa shape index (κ2) is 5.09. The van der Waals surface area contributed by atoms with E-state index in [4.69, 9.17) is 4.74 Å². The number of rotatable bonds is 4. The Morgan fingerprint density at radius 3 is 3.00 bits per heavy atom. The summed E-state index contributed by atoms with van der Waals surface area (Å²) in [6.45, 7) is 4.27. The van der Waals surface area contributed by atoms with Crippen molar-refractivity contribution in [3.05, 3.63) is 21.9 Å². The summed E-state index contributed by atoms with van der Waals surface area (Å²) >= 11 is 1.86. The number of hydrogen-bond donors (Lipinski definition) is 1. The van der Waals surface area contributed by atoms with Gasteiger partial charge in [0.25, 0.3) is 0 Å². The lowest BCUT2D eigenvalue weighted by molar-refractivity contribution is -0.0260. The molecule has 2 aliphatic rings. The van der Waals surface area contributed by atoms with Gasteiger partial charge in [-0.2, -0.15) is 0 Å². The van der Waals surface area contributed by atoms with Crippen LogP contribution in [-0.4, -0.2) is 19.2 Å². The fraction of sp³-hybridized carbons (Fsp3) is 0.714. The normalized spacial score (nSPS) is 29.5. The number of ether oxygens (including phenoxy) is 1. The van der Waals surface area contributed by atoms with Gasteiger partial charge in [0.1, 0.15) is 0 Å². The number of thiophene rings is 1. The molecular weight excluding hydrogens is 230 g/mol. The van der Waals surface area contributed by atoms with Gasteiger partial charge in [-0.15, -0.1) is 11.3 Å². The highest BCUT2D eigenvalue weighted by molar-refractivity contribution is 7.10. The quantitative estimate of drug-likeness (QED) is 0.886. The first-order valence-electron chi connectivity index (χ1n) is 6.73. The van der Waals surface area contributed by atoms with Crippen molar-refractivity contribution in [3.63, 3.8) is 0 Å². The minimum absolute atomic E-state index is 0.343. The van der Waals surface area contributed by atoms with Crippen LogP contribution in [0.25, 0.3) is 0 Å². The lowest BCUT2D eigenvalue weighted by atomic mass is 9.92. The van der Waals surface area contributed by atoms with Crippen molar-refractivity contribution in [2.75, 3.05) is 13.2 Å². The van der Waals surface area contributed by atoms with Crippen molar-refractivity contribution in [1.29, 1.82) is 0 Å². The van der Waals surface area contributed by atoms with Crippen molar-refractivity contribution in [2.24, 2.45) is 5.92 Å². The molecule has 2 heterocycles. The van der Waals surface area contributed by atoms with E-state index < -0.39 is 0 Å². The van der Waals surface area contributed by atoms with E-state index in [-0.39, 0.29) is 0 Å². The summed E-state index contributed by atoms with van der Waals surface area (Å²) in [7, 11) is 0. The molecular formula is C14H21NOS. The molecule has 2 fully saturated rings. The van der Waals surface area contributed by atoms with E-state index in [0.717, 1.165) is 19.2 Å². The fourth-order valence-electron chi connectivity index (χ4n) is 2.62. The molecule has 1 aliphatic carbocycles. The van der Waals surface area contributed by atoms with Gasteiger partial charge in [0.15, 0.2) is 0 Å². The van der Waals surface area contributed by atoms with E-state index >= 15 is 0 Å². The molecule has 0 aromatic carbocycles. The van der Waals surface area contributed by atoms with Crippen LogP contribution in [0.5, 0.6) is 0 Å². The lowest BCUT2D eigenvalue weighted by Crippen LogP contribution is -2.32. The Morgan fingerprint density at radius 2 is 2.29 bits per heavy atom. The Labute approximate surface area is 107 Å². The van der Waals surface area contributed by atoms with Crippen molar-refractivity contribution < 1.29 is 4.74 Å². The molecule has 1 N–H and O–H groups in total. The third-order valence-electron chi connectivity index (χ3n) is 3.85. The Hall–Kier alpha value is -0.380. The van der Waals surface area contributed by atoms with Gasteiger partial charge in [-0.25, -0.2) is 0 Å². The van der Waals surface area contributed by atoms with Crippen LogP contribution >= 0.6 is 11.3 Å². The van der Waals surface area contributed by atoms with Gasteiger partial charge in [0, 0.05) is 30.0 Å². The Morgan fingerprint density at radius 1 is 1.41 bits per heavy atom. The summed E-state index contributed by atoms with van der Waals surface area (Å²) in [6, 6.07) is 3.02. The fourth-order valence-corrected chi connectivity index (χ4v) is 3.69. The summed E-state index contributed by atoms with van der Waals surface area (Å²) in [4.78, 5) is 1.45. The second-order valence-corrected chi connectivity index (χ2v) is 6.29. The predicted molar refractivity (Wildman–Crippen MR) is 71.5 cm³/mol. The number of hydrogen-bond acceptors (Lipinski definition) is 3. The zero-order valence-electron chi connectivity index (χ0n) is 10.4. The van der Waals surface area contributed by atoms with Gasteiger partial charge < -0.3 is 10.1 Å². The molecule has 0 bridgehead atoms. The molecule has 1 aromatic heterocycles. The van der Waals surface area contributed by atoms with Gasteiger partial charge >= 0.3 is 0 Å². The number of aryl methyl sites for hydroxylation is 1. The van der Waals surface area contributed by atoms with Crippen LogP contribution in [0.3, 0.4) is 0 Å². The molecule has 2 atom stereocenters. The van der Waals surface area contributed by atoms with Crippen molar-refractivity contribution in [2.45, 2.75) is 44.8 Å². The summed E-state index contributed by atoms with van der Waals surface area (Å²) in [5.41, 5.74) is 1.40. The van der Waals surface area contributed by atoms with Gasteiger partial charge in [-0.3, -0.25) is 0 Å². The Kier molecular flexibility index (Phi) is 3.50. The lowest BCUT2D eigenvalue weighted by Gasteiger charge is -2.32. The van der Waals surface area contributed by atoms with E-state index in [2.05, 4.69) is 23.7 Å². The van der Waals surface area contributed by atoms with Gasteiger partial charge in [-0.1, -0.05) is 0 Å². The Bertz CT molecular complexity index is 372. The van der Waals surface area contributed by atoms with Crippen LogP contribution in [0.4, 0.5) is 0 Å². The van der Waals surface area contributed by atoms with Crippen LogP contribution in [0.15, 0.2) is 11.4 Å². The third kappa shape index (κ3) is 2.72. The monoisotopic (exact) mass is 251 g/mol. The molecule has 0 amide bonds. The second-order valence-electron chi connectivity index (χ2n) is 5.34. The minimum Gasteiger partial charge on any atom is -0.372 e. The van der Waals surface area contributed by atoms with Crippen molar-refractivity contribution >= 4 is 11.3 Å². The van der Waals surface area contributed by atoms with Crippen LogP contribution in [0.1, 0.15) is 42.2 Å². The maximum Gasteiger partial charge on any atom is 0.0959 e. The summed E-state index contributed by atoms with van der Waals surface area (Å²) in [5.74, 6) is 0.668. The highest BCUT2D eigenvalue weighted by atomic mass is 32.1. The summed E-state index contributed by atoms with van der Waals surface area (Å²) in [6.07, 6.45) is 5.61. The maximum absolute atomic E-state index is 6.04. The molecule has 1 saturated carbocycles. The number of nitrogens with one attached hydrogen (secondary N) is 1. The highest BCUT2D eigenvalue weighted by Gasteiger charge is 2.31. The smallest absolute Gasteiger partial charge is 0.0959 e. The molecule has 2 nitrogen and oxygen atoms in total. The SMILES string of the molecule is Cc1ccsc1C1OCCCC1CNC1CC1. The first kappa shape index (κ1) is 11.7. The molecule has 1 aliphatic heterocycles. The van der Waals surface area contributed by atoms with E-state index in [1.807, 2.05) is 11.3 Å². The molecule has 17 heavy (non-hydrogen) atoms. The largest absolute Gasteiger partial charge is 0.372 e. The van der Waals surface area contributed by atoms with Crippen molar-refractivity contribution in [3.8, 4) is 0 Å². The van der Waals surface area contributed by atoms with Gasteiger partial charge in [0.05, 0.1) is 6.10 Å². The zero-order chi connectivity index (χ0) is 11.7. The van der Waals surface area contributed by atoms with E-state index in [0.29, 0.717) is 12.0 Å². The van der Waals surface area contributed by atoms with Crippen LogP contribution in [0, 0.1) is 12.8 Å². The molecule has 1 aromatic rings. The zero-order valence-corrected chi connectivity index (χ0v) is 11.3. The first-order valence-corrected chi connectivity index (χ1v) is 7.61. The summed E-state index contributed by atoms with van der Waals surface area (Å²) in [5, 5.41) is 5.85. The van der Waals surface area contributed by atoms with Crippen LogP contribution in [0.2, 0.25) is 0 Å². The molecule has 3 heteroatoms. The topological polar surface area (TPSA) is 21.3 Å². The van der Waals surface area contributed by atoms with E-state index in [1.54, 1.807) is 0 Å². The van der Waals surface area contributed by atoms with E-state index in [1.165, 1.54) is 36.1 Å². The third-order valence-corrected chi connectivity index (χ3v) is 4.93. The molecule has 1 saturated heterocycles. The van der Waals surface area contributed by atoms with Crippen molar-refractivity contribution in [1.82, 2.24) is 5.32 Å². The Balaban J connectivity index is 1.68. The molecule has 2 unspecified atom stereocenters. The van der Waals surface area contributed by atoms with Gasteiger partial charge in [0.2, 0.25) is 0 Å². The summed E-state index contributed by atoms with van der Waals surface area (Å²) < 4.78 is 6.04. The van der Waals surface area contributed by atoms with Crippen LogP contribution < -0.4 is 5.32 Å². The average molecular weight is 251 g/mol. The maximum atomic E-state index is 6.04. The molecule has 94 valence electrons. The van der Waals surface area contributed by atoms with Crippen LogP contribution in [-0.2, 0) is 4.74 Å². The average Bonchev–Trinajstić information content (AvgIpc) is 3.09. The highest BCUT2D eigenvalue weighted by Crippen LogP contribution is 2.37. The van der Waals surface area contributed by atoms with E-state index in [9.17, 15) is 0 Å². The molecule has 0 spiro atoms. The minimum atomic E-state index is 0.343.